The van der Waals surface area contributed by atoms with Crippen molar-refractivity contribution in [3.63, 3.8) is 0 Å². The Kier molecular flexibility index (Phi) is 2.41. The third-order valence-electron chi connectivity index (χ3n) is 2.39. The second-order valence-corrected chi connectivity index (χ2v) is 3.19. The number of hydrogen-bond acceptors (Lipinski definition) is 3. The Bertz CT molecular complexity index is 117. The topological polar surface area (TPSA) is 30.5 Å². The van der Waals surface area contributed by atoms with Crippen LogP contribution in [0.4, 0.5) is 0 Å². The molecule has 2 saturated heterocycles. The molecule has 2 unspecified atom stereocenters. The van der Waals surface area contributed by atoms with Crippen LogP contribution in [0.5, 0.6) is 0 Å². The highest BCUT2D eigenvalue weighted by molar-refractivity contribution is 4.83. The molecule has 3 heteroatoms. The maximum atomic E-state index is 5.57. The normalized spacial score (nSPS) is 39.3. The summed E-state index contributed by atoms with van der Waals surface area (Å²) in [6.07, 6.45) is 2.84. The van der Waals surface area contributed by atoms with E-state index in [4.69, 9.17) is 9.47 Å². The highest BCUT2D eigenvalue weighted by atomic mass is 16.6. The van der Waals surface area contributed by atoms with E-state index in [2.05, 4.69) is 5.32 Å². The van der Waals surface area contributed by atoms with Crippen LogP contribution >= 0.6 is 0 Å². The van der Waals surface area contributed by atoms with E-state index >= 15 is 0 Å². The average Bonchev–Trinajstić information content (AvgIpc) is 2.58. The van der Waals surface area contributed by atoms with Crippen molar-refractivity contribution >= 4 is 0 Å². The molecule has 11 heavy (non-hydrogen) atoms. The minimum absolute atomic E-state index is 0.311. The second kappa shape index (κ2) is 3.52. The highest BCUT2D eigenvalue weighted by Gasteiger charge is 2.26. The summed E-state index contributed by atoms with van der Waals surface area (Å²) in [5, 5.41) is 3.42. The van der Waals surface area contributed by atoms with Crippen LogP contribution in [0.1, 0.15) is 12.8 Å². The van der Waals surface area contributed by atoms with Gasteiger partial charge in [0, 0.05) is 6.04 Å². The Morgan fingerprint density at radius 3 is 2.91 bits per heavy atom. The van der Waals surface area contributed by atoms with Crippen LogP contribution < -0.4 is 5.32 Å². The molecule has 2 heterocycles. The van der Waals surface area contributed by atoms with Gasteiger partial charge in [-0.05, 0) is 19.4 Å². The van der Waals surface area contributed by atoms with Gasteiger partial charge < -0.3 is 14.8 Å². The molecule has 1 N–H and O–H groups in total. The molecule has 64 valence electrons. The van der Waals surface area contributed by atoms with Crippen molar-refractivity contribution in [1.82, 2.24) is 5.32 Å². The average molecular weight is 157 g/mol. The van der Waals surface area contributed by atoms with Crippen molar-refractivity contribution in [2.24, 2.45) is 0 Å². The Labute approximate surface area is 67.1 Å². The molecule has 0 aliphatic carbocycles. The zero-order valence-electron chi connectivity index (χ0n) is 6.71. The van der Waals surface area contributed by atoms with Crippen LogP contribution in [0.15, 0.2) is 0 Å². The van der Waals surface area contributed by atoms with Crippen molar-refractivity contribution < 1.29 is 9.47 Å². The summed E-state index contributed by atoms with van der Waals surface area (Å²) in [6, 6.07) is 0.551. The minimum atomic E-state index is 0.311. The Morgan fingerprint density at radius 2 is 2.27 bits per heavy atom. The van der Waals surface area contributed by atoms with Gasteiger partial charge in [-0.1, -0.05) is 0 Å². The van der Waals surface area contributed by atoms with Gasteiger partial charge in [-0.15, -0.1) is 0 Å². The molecule has 2 rings (SSSR count). The zero-order chi connectivity index (χ0) is 7.52. The smallest absolute Gasteiger partial charge is 0.0962 e. The third kappa shape index (κ3) is 1.72. The molecule has 0 bridgehead atoms. The van der Waals surface area contributed by atoms with E-state index in [0.29, 0.717) is 12.1 Å². The van der Waals surface area contributed by atoms with Crippen LogP contribution in [0, 0.1) is 0 Å². The van der Waals surface area contributed by atoms with Crippen molar-refractivity contribution in [3.05, 3.63) is 0 Å². The first-order valence-corrected chi connectivity index (χ1v) is 4.39. The van der Waals surface area contributed by atoms with Crippen molar-refractivity contribution in [2.45, 2.75) is 25.0 Å². The first-order chi connectivity index (χ1) is 5.47. The van der Waals surface area contributed by atoms with Crippen molar-refractivity contribution in [3.8, 4) is 0 Å². The SMILES string of the molecule is C1CNC(C2COCCO2)C1. The van der Waals surface area contributed by atoms with Crippen LogP contribution in [0.2, 0.25) is 0 Å². The molecular weight excluding hydrogens is 142 g/mol. The molecule has 0 saturated carbocycles. The fraction of sp³-hybridized carbons (Fsp3) is 1.00. The van der Waals surface area contributed by atoms with Crippen molar-refractivity contribution in [2.75, 3.05) is 26.4 Å². The van der Waals surface area contributed by atoms with Gasteiger partial charge in [-0.25, -0.2) is 0 Å². The van der Waals surface area contributed by atoms with Gasteiger partial charge in [0.2, 0.25) is 0 Å². The number of ether oxygens (including phenoxy) is 2. The molecule has 3 nitrogen and oxygen atoms in total. The summed E-state index contributed by atoms with van der Waals surface area (Å²) < 4.78 is 10.9. The lowest BCUT2D eigenvalue weighted by atomic mass is 10.1. The van der Waals surface area contributed by atoms with Crippen LogP contribution in [0.25, 0.3) is 0 Å². The molecule has 0 spiro atoms. The van der Waals surface area contributed by atoms with E-state index in [0.717, 1.165) is 26.4 Å². The molecule has 2 aliphatic heterocycles. The predicted molar refractivity (Wildman–Crippen MR) is 41.6 cm³/mol. The molecule has 0 amide bonds. The van der Waals surface area contributed by atoms with Gasteiger partial charge in [0.25, 0.3) is 0 Å². The number of nitrogens with one attached hydrogen (secondary N) is 1. The van der Waals surface area contributed by atoms with E-state index < -0.39 is 0 Å². The Balaban J connectivity index is 1.82. The number of hydrogen-bond donors (Lipinski definition) is 1. The van der Waals surface area contributed by atoms with E-state index in [9.17, 15) is 0 Å². The summed E-state index contributed by atoms with van der Waals surface area (Å²) in [5.74, 6) is 0. The Hall–Kier alpha value is -0.120. The maximum absolute atomic E-state index is 5.57. The standard InChI is InChI=1S/C8H15NO2/c1-2-7(9-3-1)8-6-10-4-5-11-8/h7-9H,1-6H2. The quantitative estimate of drug-likeness (QED) is 0.588. The molecule has 0 aromatic heterocycles. The van der Waals surface area contributed by atoms with Crippen LogP contribution in [0.3, 0.4) is 0 Å². The van der Waals surface area contributed by atoms with Crippen LogP contribution in [-0.4, -0.2) is 38.5 Å². The van der Waals surface area contributed by atoms with Crippen molar-refractivity contribution in [1.29, 1.82) is 0 Å². The second-order valence-electron chi connectivity index (χ2n) is 3.19. The van der Waals surface area contributed by atoms with Gasteiger partial charge in [0.1, 0.15) is 0 Å². The zero-order valence-corrected chi connectivity index (χ0v) is 6.71. The van der Waals surface area contributed by atoms with E-state index in [-0.39, 0.29) is 0 Å². The number of rotatable bonds is 1. The molecule has 2 atom stereocenters. The van der Waals surface area contributed by atoms with Gasteiger partial charge in [-0.2, -0.15) is 0 Å². The summed E-state index contributed by atoms with van der Waals surface area (Å²) in [7, 11) is 0. The van der Waals surface area contributed by atoms with Gasteiger partial charge in [0.15, 0.2) is 0 Å². The fourth-order valence-electron chi connectivity index (χ4n) is 1.77. The predicted octanol–water partition coefficient (Wildman–Crippen LogP) is 0.154. The van der Waals surface area contributed by atoms with Gasteiger partial charge in [-0.3, -0.25) is 0 Å². The summed E-state index contributed by atoms with van der Waals surface area (Å²) in [4.78, 5) is 0. The van der Waals surface area contributed by atoms with Gasteiger partial charge in [0.05, 0.1) is 25.9 Å². The third-order valence-corrected chi connectivity index (χ3v) is 2.39. The van der Waals surface area contributed by atoms with E-state index in [1.54, 1.807) is 0 Å². The van der Waals surface area contributed by atoms with E-state index in [1.807, 2.05) is 0 Å². The summed E-state index contributed by atoms with van der Waals surface area (Å²) >= 11 is 0. The lowest BCUT2D eigenvalue weighted by Crippen LogP contribution is -2.43. The molecule has 0 radical (unpaired) electrons. The summed E-state index contributed by atoms with van der Waals surface area (Å²) in [5.41, 5.74) is 0. The fourth-order valence-corrected chi connectivity index (χ4v) is 1.77. The molecule has 2 aliphatic rings. The molecule has 2 fully saturated rings. The summed E-state index contributed by atoms with van der Waals surface area (Å²) in [6.45, 7) is 3.45. The monoisotopic (exact) mass is 157 g/mol. The molecule has 0 aromatic rings. The lowest BCUT2D eigenvalue weighted by Gasteiger charge is -2.27. The first-order valence-electron chi connectivity index (χ1n) is 4.39. The largest absolute Gasteiger partial charge is 0.376 e. The lowest BCUT2D eigenvalue weighted by molar-refractivity contribution is -0.0991. The maximum Gasteiger partial charge on any atom is 0.0962 e. The van der Waals surface area contributed by atoms with E-state index in [1.165, 1.54) is 12.8 Å². The molecular formula is C8H15NO2. The minimum Gasteiger partial charge on any atom is -0.376 e. The highest BCUT2D eigenvalue weighted by Crippen LogP contribution is 2.14. The molecule has 0 aromatic carbocycles. The van der Waals surface area contributed by atoms with Gasteiger partial charge >= 0.3 is 0 Å². The van der Waals surface area contributed by atoms with Crippen LogP contribution in [-0.2, 0) is 9.47 Å². The first kappa shape index (κ1) is 7.53. The Morgan fingerprint density at radius 1 is 1.27 bits per heavy atom.